The van der Waals surface area contributed by atoms with Crippen LogP contribution in [0.15, 0.2) is 47.4 Å². The van der Waals surface area contributed by atoms with Crippen molar-refractivity contribution in [3.8, 4) is 0 Å². The number of benzene rings is 2. The molecule has 1 aromatic heterocycles. The lowest BCUT2D eigenvalue weighted by atomic mass is 10.2. The van der Waals surface area contributed by atoms with E-state index in [0.717, 1.165) is 27.9 Å². The van der Waals surface area contributed by atoms with E-state index >= 15 is 0 Å². The summed E-state index contributed by atoms with van der Waals surface area (Å²) >= 11 is 1.42. The Labute approximate surface area is 179 Å². The molecule has 3 rings (SSSR count). The van der Waals surface area contributed by atoms with Crippen molar-refractivity contribution in [3.05, 3.63) is 53.8 Å². The van der Waals surface area contributed by atoms with E-state index in [9.17, 15) is 17.6 Å². The van der Waals surface area contributed by atoms with Crippen LogP contribution in [-0.2, 0) is 14.6 Å². The van der Waals surface area contributed by atoms with Gasteiger partial charge in [0.15, 0.2) is 15.0 Å². The van der Waals surface area contributed by atoms with E-state index in [1.54, 1.807) is 4.90 Å². The second kappa shape index (κ2) is 9.20. The molecule has 1 heterocycles. The molecule has 3 aromatic rings. The second-order valence-electron chi connectivity index (χ2n) is 7.34. The molecule has 0 saturated heterocycles. The molecule has 0 aliphatic heterocycles. The molecular weight excluding hydrogens is 425 g/mol. The minimum atomic E-state index is -3.69. The van der Waals surface area contributed by atoms with E-state index in [4.69, 9.17) is 0 Å². The van der Waals surface area contributed by atoms with E-state index in [-0.39, 0.29) is 23.0 Å². The number of hydrogen-bond acceptors (Lipinski definition) is 6. The Kier molecular flexibility index (Phi) is 6.84. The average molecular weight is 450 g/mol. The Morgan fingerprint density at radius 2 is 1.80 bits per heavy atom. The third-order valence-electron chi connectivity index (χ3n) is 4.59. The molecule has 0 atom stereocenters. The van der Waals surface area contributed by atoms with Gasteiger partial charge in [-0.15, -0.1) is 0 Å². The molecule has 0 fully saturated rings. The lowest BCUT2D eigenvalue weighted by molar-refractivity contribution is -0.118. The number of likely N-dealkylation sites (N-methyl/N-ethyl adjacent to an activating group) is 1. The Morgan fingerprint density at radius 3 is 2.47 bits per heavy atom. The molecule has 0 aliphatic rings. The first kappa shape index (κ1) is 22.3. The minimum absolute atomic E-state index is 0.00649. The van der Waals surface area contributed by atoms with Crippen molar-refractivity contribution in [2.45, 2.75) is 18.2 Å². The fraction of sp³-hybridized carbons (Fsp3) is 0.333. The highest BCUT2D eigenvalue weighted by Crippen LogP contribution is 2.30. The van der Waals surface area contributed by atoms with E-state index in [2.05, 4.69) is 4.98 Å². The van der Waals surface area contributed by atoms with E-state index in [1.165, 1.54) is 23.5 Å². The molecule has 1 amide bonds. The number of nitrogens with zero attached hydrogens (tertiary/aromatic N) is 3. The fourth-order valence-electron chi connectivity index (χ4n) is 2.88. The summed E-state index contributed by atoms with van der Waals surface area (Å²) in [6.45, 7) is 3.01. The summed E-state index contributed by atoms with van der Waals surface area (Å²) in [5, 5.41) is 0.557. The number of rotatable bonds is 8. The highest BCUT2D eigenvalue weighted by atomic mass is 32.2. The van der Waals surface area contributed by atoms with Gasteiger partial charge in [0, 0.05) is 19.5 Å². The first-order chi connectivity index (χ1) is 14.2. The van der Waals surface area contributed by atoms with E-state index in [0.29, 0.717) is 18.2 Å². The van der Waals surface area contributed by atoms with Crippen molar-refractivity contribution in [2.24, 2.45) is 0 Å². The maximum absolute atomic E-state index is 13.1. The Balaban J connectivity index is 1.80. The van der Waals surface area contributed by atoms with Crippen LogP contribution in [-0.4, -0.2) is 57.1 Å². The number of anilines is 1. The number of aromatic nitrogens is 1. The number of carbonyl (C=O) groups is 1. The highest BCUT2D eigenvalue weighted by Gasteiger charge is 2.23. The van der Waals surface area contributed by atoms with Crippen LogP contribution in [0.3, 0.4) is 0 Å². The summed E-state index contributed by atoms with van der Waals surface area (Å²) in [5.74, 6) is -1.16. The summed E-state index contributed by atoms with van der Waals surface area (Å²) in [6.07, 6.45) is -0.178. The second-order valence-corrected chi connectivity index (χ2v) is 10.5. The minimum Gasteiger partial charge on any atom is -0.308 e. The summed E-state index contributed by atoms with van der Waals surface area (Å²) < 4.78 is 39.1. The fourth-order valence-corrected chi connectivity index (χ4v) is 5.22. The van der Waals surface area contributed by atoms with Gasteiger partial charge in [-0.05, 0) is 63.0 Å². The van der Waals surface area contributed by atoms with Gasteiger partial charge < -0.3 is 4.90 Å². The number of thiazole rings is 1. The molecule has 0 N–H and O–H groups in total. The zero-order chi connectivity index (χ0) is 21.9. The smallest absolute Gasteiger partial charge is 0.229 e. The van der Waals surface area contributed by atoms with Crippen molar-refractivity contribution in [1.29, 1.82) is 0 Å². The number of hydrogen-bond donors (Lipinski definition) is 0. The predicted molar refractivity (Wildman–Crippen MR) is 118 cm³/mol. The van der Waals surface area contributed by atoms with Gasteiger partial charge in [0.1, 0.15) is 5.82 Å². The van der Waals surface area contributed by atoms with Gasteiger partial charge >= 0.3 is 0 Å². The third kappa shape index (κ3) is 5.41. The number of carbonyl (C=O) groups excluding carboxylic acids is 1. The van der Waals surface area contributed by atoms with Gasteiger partial charge in [-0.3, -0.25) is 9.69 Å². The van der Waals surface area contributed by atoms with Gasteiger partial charge in [0.05, 0.1) is 20.9 Å². The zero-order valence-corrected chi connectivity index (χ0v) is 18.8. The highest BCUT2D eigenvalue weighted by molar-refractivity contribution is 7.91. The van der Waals surface area contributed by atoms with Gasteiger partial charge in [0.25, 0.3) is 0 Å². The van der Waals surface area contributed by atoms with Crippen LogP contribution in [0.5, 0.6) is 0 Å². The van der Waals surface area contributed by atoms with Crippen LogP contribution in [0.25, 0.3) is 10.2 Å². The van der Waals surface area contributed by atoms with E-state index < -0.39 is 15.7 Å². The van der Waals surface area contributed by atoms with Crippen LogP contribution in [0, 0.1) is 12.7 Å². The molecule has 6 nitrogen and oxygen atoms in total. The summed E-state index contributed by atoms with van der Waals surface area (Å²) in [7, 11) is 0.121. The standard InChI is InChI=1S/C21H24FN3O3S2/c1-15-4-9-18-19(14-15)29-21(23-18)25(12-11-24(2)3)20(26)10-13-30(27,28)17-7-5-16(22)6-8-17/h4-9,14H,10-13H2,1-3H3. The quantitative estimate of drug-likeness (QED) is 0.492. The first-order valence-corrected chi connectivity index (χ1v) is 11.9. The van der Waals surface area contributed by atoms with Gasteiger partial charge in [-0.2, -0.15) is 0 Å². The molecule has 9 heteroatoms. The third-order valence-corrected chi connectivity index (χ3v) is 7.37. The molecule has 0 saturated carbocycles. The Bertz CT molecular complexity index is 1140. The van der Waals surface area contributed by atoms with Crippen molar-refractivity contribution < 1.29 is 17.6 Å². The molecule has 2 aromatic carbocycles. The van der Waals surface area contributed by atoms with Crippen molar-refractivity contribution >= 4 is 42.4 Å². The maximum Gasteiger partial charge on any atom is 0.229 e. The number of sulfone groups is 1. The molecule has 0 spiro atoms. The normalized spacial score (nSPS) is 11.9. The molecule has 0 unspecified atom stereocenters. The maximum atomic E-state index is 13.1. The monoisotopic (exact) mass is 449 g/mol. The SMILES string of the molecule is Cc1ccc2nc(N(CCN(C)C)C(=O)CCS(=O)(=O)c3ccc(F)cc3)sc2c1. The van der Waals surface area contributed by atoms with Crippen LogP contribution in [0.4, 0.5) is 9.52 Å². The van der Waals surface area contributed by atoms with Crippen LogP contribution in [0.1, 0.15) is 12.0 Å². The summed E-state index contributed by atoms with van der Waals surface area (Å²) in [5.41, 5.74) is 1.91. The molecule has 160 valence electrons. The molecule has 30 heavy (non-hydrogen) atoms. The topological polar surface area (TPSA) is 70.6 Å². The van der Waals surface area contributed by atoms with Crippen molar-refractivity contribution in [1.82, 2.24) is 9.88 Å². The molecule has 0 bridgehead atoms. The largest absolute Gasteiger partial charge is 0.308 e. The first-order valence-electron chi connectivity index (χ1n) is 9.46. The predicted octanol–water partition coefficient (Wildman–Crippen LogP) is 3.50. The Hall–Kier alpha value is -2.36. The zero-order valence-electron chi connectivity index (χ0n) is 17.1. The Morgan fingerprint density at radius 1 is 1.10 bits per heavy atom. The average Bonchev–Trinajstić information content (AvgIpc) is 3.09. The van der Waals surface area contributed by atoms with E-state index in [1.807, 2.05) is 44.1 Å². The van der Waals surface area contributed by atoms with Crippen LogP contribution in [0.2, 0.25) is 0 Å². The van der Waals surface area contributed by atoms with Crippen molar-refractivity contribution in [3.63, 3.8) is 0 Å². The number of halogens is 1. The van der Waals surface area contributed by atoms with Gasteiger partial charge in [-0.25, -0.2) is 17.8 Å². The number of aryl methyl sites for hydroxylation is 1. The lowest BCUT2D eigenvalue weighted by Crippen LogP contribution is -2.37. The molecule has 0 aliphatic carbocycles. The number of amides is 1. The molecule has 0 radical (unpaired) electrons. The van der Waals surface area contributed by atoms with Crippen LogP contribution >= 0.6 is 11.3 Å². The van der Waals surface area contributed by atoms with Crippen molar-refractivity contribution in [2.75, 3.05) is 37.8 Å². The molecular formula is C21H24FN3O3S2. The van der Waals surface area contributed by atoms with Gasteiger partial charge in [-0.1, -0.05) is 17.4 Å². The van der Waals surface area contributed by atoms with Crippen LogP contribution < -0.4 is 4.90 Å². The van der Waals surface area contributed by atoms with Gasteiger partial charge in [0.2, 0.25) is 5.91 Å². The number of fused-ring (bicyclic) bond motifs is 1. The summed E-state index contributed by atoms with van der Waals surface area (Å²) in [4.78, 5) is 21.1. The lowest BCUT2D eigenvalue weighted by Gasteiger charge is -2.22. The summed E-state index contributed by atoms with van der Waals surface area (Å²) in [6, 6.07) is 10.5.